The lowest BCUT2D eigenvalue weighted by Gasteiger charge is -2.13. The molecule has 4 heteroatoms. The van der Waals surface area contributed by atoms with Gasteiger partial charge in [0.25, 0.3) is 5.91 Å². The molecule has 0 atom stereocenters. The van der Waals surface area contributed by atoms with E-state index >= 15 is 0 Å². The SMILES string of the molecule is Cc1cc(OC(C)C)ccc1NC(=O)c1ccc(N)cc1. The van der Waals surface area contributed by atoms with Crippen LogP contribution in [0.3, 0.4) is 0 Å². The molecule has 0 aliphatic carbocycles. The first kappa shape index (κ1) is 14.9. The van der Waals surface area contributed by atoms with E-state index < -0.39 is 0 Å². The van der Waals surface area contributed by atoms with Crippen molar-refractivity contribution < 1.29 is 9.53 Å². The Morgan fingerprint density at radius 1 is 1.14 bits per heavy atom. The molecule has 1 amide bonds. The number of aryl methyl sites for hydroxylation is 1. The predicted octanol–water partition coefficient (Wildman–Crippen LogP) is 3.62. The van der Waals surface area contributed by atoms with Crippen LogP contribution in [0.2, 0.25) is 0 Å². The van der Waals surface area contributed by atoms with Gasteiger partial charge in [-0.05, 0) is 68.8 Å². The summed E-state index contributed by atoms with van der Waals surface area (Å²) in [6.07, 6.45) is 0.125. The van der Waals surface area contributed by atoms with Crippen LogP contribution in [0.4, 0.5) is 11.4 Å². The Labute approximate surface area is 124 Å². The second-order valence-electron chi connectivity index (χ2n) is 5.22. The molecule has 4 nitrogen and oxygen atoms in total. The lowest BCUT2D eigenvalue weighted by molar-refractivity contribution is 0.102. The fourth-order valence-electron chi connectivity index (χ4n) is 1.95. The van der Waals surface area contributed by atoms with Crippen molar-refractivity contribution in [3.8, 4) is 5.75 Å². The smallest absolute Gasteiger partial charge is 0.255 e. The molecule has 0 heterocycles. The molecule has 2 rings (SSSR count). The van der Waals surface area contributed by atoms with Crippen LogP contribution < -0.4 is 15.8 Å². The molecule has 2 aromatic carbocycles. The molecule has 0 spiro atoms. The molecule has 0 saturated carbocycles. The molecule has 3 N–H and O–H groups in total. The Morgan fingerprint density at radius 3 is 2.38 bits per heavy atom. The normalized spacial score (nSPS) is 10.5. The second kappa shape index (κ2) is 6.31. The Kier molecular flexibility index (Phi) is 4.48. The van der Waals surface area contributed by atoms with Crippen LogP contribution in [0, 0.1) is 6.92 Å². The third-order valence-corrected chi connectivity index (χ3v) is 2.99. The number of benzene rings is 2. The van der Waals surface area contributed by atoms with E-state index in [0.717, 1.165) is 17.0 Å². The minimum Gasteiger partial charge on any atom is -0.491 e. The van der Waals surface area contributed by atoms with E-state index in [4.69, 9.17) is 10.5 Å². The number of carbonyl (C=O) groups is 1. The van der Waals surface area contributed by atoms with E-state index in [-0.39, 0.29) is 12.0 Å². The standard InChI is InChI=1S/C17H20N2O2/c1-11(2)21-15-8-9-16(12(3)10-15)19-17(20)13-4-6-14(18)7-5-13/h4-11H,18H2,1-3H3,(H,19,20). The van der Waals surface area contributed by atoms with Crippen LogP contribution >= 0.6 is 0 Å². The summed E-state index contributed by atoms with van der Waals surface area (Å²) in [5, 5.41) is 2.89. The van der Waals surface area contributed by atoms with Crippen LogP contribution in [0.1, 0.15) is 29.8 Å². The lowest BCUT2D eigenvalue weighted by Crippen LogP contribution is -2.13. The fourth-order valence-corrected chi connectivity index (χ4v) is 1.95. The number of hydrogen-bond donors (Lipinski definition) is 2. The lowest BCUT2D eigenvalue weighted by atomic mass is 10.1. The molecule has 0 aromatic heterocycles. The van der Waals surface area contributed by atoms with Crippen molar-refractivity contribution in [2.45, 2.75) is 26.9 Å². The molecule has 110 valence electrons. The van der Waals surface area contributed by atoms with Gasteiger partial charge in [0.15, 0.2) is 0 Å². The maximum atomic E-state index is 12.2. The zero-order chi connectivity index (χ0) is 15.4. The first-order valence-corrected chi connectivity index (χ1v) is 6.90. The van der Waals surface area contributed by atoms with E-state index in [0.29, 0.717) is 11.3 Å². The average molecular weight is 284 g/mol. The summed E-state index contributed by atoms with van der Waals surface area (Å²) in [5.74, 6) is 0.642. The molecule has 21 heavy (non-hydrogen) atoms. The maximum absolute atomic E-state index is 12.2. The van der Waals surface area contributed by atoms with E-state index in [1.54, 1.807) is 24.3 Å². The van der Waals surface area contributed by atoms with Crippen LogP contribution in [0.5, 0.6) is 5.75 Å². The first-order chi connectivity index (χ1) is 9.95. The molecular weight excluding hydrogens is 264 g/mol. The Balaban J connectivity index is 2.12. The van der Waals surface area contributed by atoms with Gasteiger partial charge in [0.1, 0.15) is 5.75 Å². The second-order valence-corrected chi connectivity index (χ2v) is 5.22. The number of carbonyl (C=O) groups excluding carboxylic acids is 1. The quantitative estimate of drug-likeness (QED) is 0.843. The van der Waals surface area contributed by atoms with Gasteiger partial charge in [-0.25, -0.2) is 0 Å². The van der Waals surface area contributed by atoms with Crippen molar-refractivity contribution in [1.29, 1.82) is 0 Å². The molecule has 0 radical (unpaired) electrons. The Bertz CT molecular complexity index is 634. The zero-order valence-corrected chi connectivity index (χ0v) is 12.5. The number of nitrogens with one attached hydrogen (secondary N) is 1. The average Bonchev–Trinajstić information content (AvgIpc) is 2.42. The number of anilines is 2. The van der Waals surface area contributed by atoms with Gasteiger partial charge in [0, 0.05) is 16.9 Å². The Morgan fingerprint density at radius 2 is 1.81 bits per heavy atom. The molecule has 0 unspecified atom stereocenters. The van der Waals surface area contributed by atoms with E-state index in [1.807, 2.05) is 39.0 Å². The van der Waals surface area contributed by atoms with Gasteiger partial charge in [-0.2, -0.15) is 0 Å². The molecular formula is C17H20N2O2. The van der Waals surface area contributed by atoms with Crippen LogP contribution in [0.25, 0.3) is 0 Å². The van der Waals surface area contributed by atoms with Crippen molar-refractivity contribution in [1.82, 2.24) is 0 Å². The monoisotopic (exact) mass is 284 g/mol. The highest BCUT2D eigenvalue weighted by Crippen LogP contribution is 2.22. The van der Waals surface area contributed by atoms with Gasteiger partial charge in [0.2, 0.25) is 0 Å². The van der Waals surface area contributed by atoms with Gasteiger partial charge < -0.3 is 15.8 Å². The molecule has 0 aliphatic heterocycles. The van der Waals surface area contributed by atoms with Crippen molar-refractivity contribution >= 4 is 17.3 Å². The number of nitrogen functional groups attached to an aromatic ring is 1. The van der Waals surface area contributed by atoms with Crippen LogP contribution in [0.15, 0.2) is 42.5 Å². The number of ether oxygens (including phenoxy) is 1. The highest BCUT2D eigenvalue weighted by Gasteiger charge is 2.08. The van der Waals surface area contributed by atoms with Gasteiger partial charge in [-0.3, -0.25) is 4.79 Å². The summed E-state index contributed by atoms with van der Waals surface area (Å²) in [5.41, 5.74) is 8.55. The minimum atomic E-state index is -0.157. The van der Waals surface area contributed by atoms with Crippen molar-refractivity contribution in [3.63, 3.8) is 0 Å². The number of nitrogens with two attached hydrogens (primary N) is 1. The Hall–Kier alpha value is -2.49. The molecule has 0 saturated heterocycles. The van der Waals surface area contributed by atoms with Crippen molar-refractivity contribution in [2.75, 3.05) is 11.1 Å². The number of rotatable bonds is 4. The van der Waals surface area contributed by atoms with Gasteiger partial charge in [-0.15, -0.1) is 0 Å². The van der Waals surface area contributed by atoms with Crippen molar-refractivity contribution in [3.05, 3.63) is 53.6 Å². The third-order valence-electron chi connectivity index (χ3n) is 2.99. The largest absolute Gasteiger partial charge is 0.491 e. The summed E-state index contributed by atoms with van der Waals surface area (Å²) < 4.78 is 5.63. The number of hydrogen-bond acceptors (Lipinski definition) is 3. The highest BCUT2D eigenvalue weighted by atomic mass is 16.5. The maximum Gasteiger partial charge on any atom is 0.255 e. The van der Waals surface area contributed by atoms with Crippen LogP contribution in [-0.2, 0) is 0 Å². The highest BCUT2D eigenvalue weighted by molar-refractivity contribution is 6.04. The first-order valence-electron chi connectivity index (χ1n) is 6.90. The topological polar surface area (TPSA) is 64.3 Å². The van der Waals surface area contributed by atoms with Gasteiger partial charge >= 0.3 is 0 Å². The molecule has 2 aromatic rings. The summed E-state index contributed by atoms with van der Waals surface area (Å²) in [6.45, 7) is 5.89. The summed E-state index contributed by atoms with van der Waals surface area (Å²) >= 11 is 0. The van der Waals surface area contributed by atoms with Crippen molar-refractivity contribution in [2.24, 2.45) is 0 Å². The van der Waals surface area contributed by atoms with E-state index in [9.17, 15) is 4.79 Å². The fraction of sp³-hybridized carbons (Fsp3) is 0.235. The zero-order valence-electron chi connectivity index (χ0n) is 12.5. The summed E-state index contributed by atoms with van der Waals surface area (Å²) in [6, 6.07) is 12.4. The van der Waals surface area contributed by atoms with E-state index in [1.165, 1.54) is 0 Å². The molecule has 0 aliphatic rings. The van der Waals surface area contributed by atoms with Gasteiger partial charge in [0.05, 0.1) is 6.10 Å². The van der Waals surface area contributed by atoms with Crippen LogP contribution in [-0.4, -0.2) is 12.0 Å². The summed E-state index contributed by atoms with van der Waals surface area (Å²) in [7, 11) is 0. The predicted molar refractivity (Wildman–Crippen MR) is 85.8 cm³/mol. The minimum absolute atomic E-state index is 0.125. The van der Waals surface area contributed by atoms with E-state index in [2.05, 4.69) is 5.32 Å². The number of amides is 1. The molecule has 0 fully saturated rings. The third kappa shape index (κ3) is 3.99. The molecule has 0 bridgehead atoms. The summed E-state index contributed by atoms with van der Waals surface area (Å²) in [4.78, 5) is 12.2. The van der Waals surface area contributed by atoms with Gasteiger partial charge in [-0.1, -0.05) is 0 Å².